The van der Waals surface area contributed by atoms with Crippen molar-refractivity contribution in [2.24, 2.45) is 0 Å². The molecule has 0 aliphatic carbocycles. The zero-order valence-electron chi connectivity index (χ0n) is 14.4. The van der Waals surface area contributed by atoms with Crippen LogP contribution in [0.3, 0.4) is 0 Å². The van der Waals surface area contributed by atoms with E-state index in [1.54, 1.807) is 31.2 Å². The molecule has 7 heteroatoms. The minimum Gasteiger partial charge on any atom is -0.465 e. The van der Waals surface area contributed by atoms with E-state index in [0.717, 1.165) is 0 Å². The summed E-state index contributed by atoms with van der Waals surface area (Å²) in [6.07, 6.45) is 1.26. The number of nitrogens with zero attached hydrogens (tertiary/aromatic N) is 1. The maximum Gasteiger partial charge on any atom is 0.340 e. The fourth-order valence-electron chi connectivity index (χ4n) is 2.90. The van der Waals surface area contributed by atoms with Gasteiger partial charge in [-0.3, -0.25) is 9.69 Å². The van der Waals surface area contributed by atoms with E-state index in [1.807, 2.05) is 0 Å². The molecular formula is C20H14Cl2FNO3. The summed E-state index contributed by atoms with van der Waals surface area (Å²) in [4.78, 5) is 26.7. The van der Waals surface area contributed by atoms with Crippen LogP contribution in [0.5, 0.6) is 0 Å². The van der Waals surface area contributed by atoms with Crippen molar-refractivity contribution in [3.63, 3.8) is 0 Å². The predicted octanol–water partition coefficient (Wildman–Crippen LogP) is 5.01. The van der Waals surface area contributed by atoms with Gasteiger partial charge in [-0.1, -0.05) is 35.3 Å². The van der Waals surface area contributed by atoms with Crippen LogP contribution < -0.4 is 4.90 Å². The van der Waals surface area contributed by atoms with Crippen molar-refractivity contribution >= 4 is 46.8 Å². The Labute approximate surface area is 165 Å². The Kier molecular flexibility index (Phi) is 5.35. The molecule has 1 aliphatic rings. The van der Waals surface area contributed by atoms with Crippen LogP contribution in [0, 0.1) is 5.82 Å². The molecule has 138 valence electrons. The van der Waals surface area contributed by atoms with E-state index in [4.69, 9.17) is 27.9 Å². The van der Waals surface area contributed by atoms with Gasteiger partial charge in [0.25, 0.3) is 5.91 Å². The average Bonchev–Trinajstić information content (AvgIpc) is 2.87. The zero-order valence-corrected chi connectivity index (χ0v) is 15.9. The molecule has 0 unspecified atom stereocenters. The summed E-state index contributed by atoms with van der Waals surface area (Å²) in [7, 11) is 1.21. The van der Waals surface area contributed by atoms with Gasteiger partial charge in [0.2, 0.25) is 0 Å². The largest absolute Gasteiger partial charge is 0.465 e. The van der Waals surface area contributed by atoms with E-state index >= 15 is 0 Å². The minimum atomic E-state index is -0.705. The number of carbonyl (C=O) groups is 2. The van der Waals surface area contributed by atoms with Gasteiger partial charge < -0.3 is 4.74 Å². The van der Waals surface area contributed by atoms with Gasteiger partial charge in [-0.05, 0) is 43.3 Å². The topological polar surface area (TPSA) is 46.6 Å². The Morgan fingerprint density at radius 1 is 1.19 bits per heavy atom. The predicted molar refractivity (Wildman–Crippen MR) is 103 cm³/mol. The molecule has 0 N–H and O–H groups in total. The lowest BCUT2D eigenvalue weighted by atomic mass is 10.0. The first kappa shape index (κ1) is 19.1. The molecule has 3 rings (SSSR count). The molecule has 0 saturated carbocycles. The van der Waals surface area contributed by atoms with Crippen LogP contribution in [-0.2, 0) is 14.3 Å². The smallest absolute Gasteiger partial charge is 0.340 e. The molecule has 0 bridgehead atoms. The van der Waals surface area contributed by atoms with Crippen LogP contribution in [0.25, 0.3) is 6.08 Å². The first-order valence-corrected chi connectivity index (χ1v) is 8.66. The zero-order chi connectivity index (χ0) is 19.7. The van der Waals surface area contributed by atoms with Crippen molar-refractivity contribution in [2.45, 2.75) is 6.92 Å². The van der Waals surface area contributed by atoms with Gasteiger partial charge >= 0.3 is 5.97 Å². The first-order chi connectivity index (χ1) is 12.8. The summed E-state index contributed by atoms with van der Waals surface area (Å²) in [5.41, 5.74) is 0.889. The summed E-state index contributed by atoms with van der Waals surface area (Å²) >= 11 is 12.1. The number of benzene rings is 2. The van der Waals surface area contributed by atoms with Crippen LogP contribution in [0.1, 0.15) is 12.5 Å². The number of allylic oxidation sites excluding steroid dienone is 1. The van der Waals surface area contributed by atoms with Gasteiger partial charge in [0.1, 0.15) is 5.82 Å². The molecule has 2 aromatic rings. The Bertz CT molecular complexity index is 994. The van der Waals surface area contributed by atoms with Crippen molar-refractivity contribution in [2.75, 3.05) is 12.0 Å². The average molecular weight is 406 g/mol. The number of methoxy groups -OCH3 is 1. The number of esters is 1. The highest BCUT2D eigenvalue weighted by atomic mass is 35.5. The Hall–Kier alpha value is -2.63. The lowest BCUT2D eigenvalue weighted by molar-refractivity contribution is -0.136. The number of hydrogen-bond acceptors (Lipinski definition) is 3. The molecule has 0 aromatic heterocycles. The summed E-state index contributed by atoms with van der Waals surface area (Å²) in [6, 6.07) is 10.8. The third-order valence-corrected chi connectivity index (χ3v) is 4.71. The molecule has 0 radical (unpaired) electrons. The van der Waals surface area contributed by atoms with E-state index < -0.39 is 17.7 Å². The van der Waals surface area contributed by atoms with Gasteiger partial charge in [-0.2, -0.15) is 0 Å². The maximum atomic E-state index is 14.2. The Balaban J connectivity index is 2.21. The lowest BCUT2D eigenvalue weighted by Crippen LogP contribution is -2.24. The van der Waals surface area contributed by atoms with Crippen LogP contribution in [0.4, 0.5) is 10.1 Å². The summed E-state index contributed by atoms with van der Waals surface area (Å²) in [6.45, 7) is 1.61. The second kappa shape index (κ2) is 7.55. The third-order valence-electron chi connectivity index (χ3n) is 4.14. The SMILES string of the molecule is COC(=O)C1=C(C)N(c2cccc(Cl)c2)C(=O)/C1=C/c1c(F)cccc1Cl. The van der Waals surface area contributed by atoms with Crippen molar-refractivity contribution in [1.82, 2.24) is 0 Å². The van der Waals surface area contributed by atoms with Crippen molar-refractivity contribution < 1.29 is 18.7 Å². The van der Waals surface area contributed by atoms with E-state index in [9.17, 15) is 14.0 Å². The number of amides is 1. The molecule has 0 atom stereocenters. The number of halogens is 3. The number of rotatable bonds is 3. The quantitative estimate of drug-likeness (QED) is 0.532. The highest BCUT2D eigenvalue weighted by Gasteiger charge is 2.38. The van der Waals surface area contributed by atoms with Gasteiger partial charge in [-0.25, -0.2) is 9.18 Å². The van der Waals surface area contributed by atoms with Crippen molar-refractivity contribution in [3.05, 3.63) is 80.7 Å². The molecule has 27 heavy (non-hydrogen) atoms. The molecule has 1 amide bonds. The van der Waals surface area contributed by atoms with Crippen LogP contribution in [0.15, 0.2) is 59.3 Å². The minimum absolute atomic E-state index is 0.00803. The molecule has 0 saturated heterocycles. The second-order valence-electron chi connectivity index (χ2n) is 5.77. The molecular weight excluding hydrogens is 392 g/mol. The fourth-order valence-corrected chi connectivity index (χ4v) is 3.30. The Morgan fingerprint density at radius 2 is 1.89 bits per heavy atom. The van der Waals surface area contributed by atoms with Gasteiger partial charge in [-0.15, -0.1) is 0 Å². The van der Waals surface area contributed by atoms with Crippen molar-refractivity contribution in [1.29, 1.82) is 0 Å². The summed E-state index contributed by atoms with van der Waals surface area (Å²) in [5, 5.41) is 0.556. The highest BCUT2D eigenvalue weighted by Crippen LogP contribution is 2.37. The first-order valence-electron chi connectivity index (χ1n) is 7.90. The van der Waals surface area contributed by atoms with E-state index in [1.165, 1.54) is 36.3 Å². The Morgan fingerprint density at radius 3 is 2.52 bits per heavy atom. The summed E-state index contributed by atoms with van der Waals surface area (Å²) in [5.74, 6) is -1.82. The molecule has 1 aliphatic heterocycles. The van der Waals surface area contributed by atoms with Gasteiger partial charge in [0.05, 0.1) is 29.0 Å². The summed E-state index contributed by atoms with van der Waals surface area (Å²) < 4.78 is 19.0. The third kappa shape index (κ3) is 3.48. The van der Waals surface area contributed by atoms with Crippen LogP contribution in [0.2, 0.25) is 10.0 Å². The number of anilines is 1. The van der Waals surface area contributed by atoms with Gasteiger partial charge in [0.15, 0.2) is 0 Å². The van der Waals surface area contributed by atoms with Crippen molar-refractivity contribution in [3.8, 4) is 0 Å². The molecule has 2 aromatic carbocycles. The molecule has 0 fully saturated rings. The van der Waals surface area contributed by atoms with E-state index in [0.29, 0.717) is 16.4 Å². The second-order valence-corrected chi connectivity index (χ2v) is 6.61. The lowest BCUT2D eigenvalue weighted by Gasteiger charge is -2.18. The molecule has 1 heterocycles. The van der Waals surface area contributed by atoms with E-state index in [-0.39, 0.29) is 21.7 Å². The number of ether oxygens (including phenoxy) is 1. The van der Waals surface area contributed by atoms with E-state index in [2.05, 4.69) is 0 Å². The molecule has 4 nitrogen and oxygen atoms in total. The van der Waals surface area contributed by atoms with Crippen LogP contribution >= 0.6 is 23.2 Å². The maximum absolute atomic E-state index is 14.2. The van der Waals surface area contributed by atoms with Crippen LogP contribution in [-0.4, -0.2) is 19.0 Å². The normalized spacial score (nSPS) is 15.7. The standard InChI is InChI=1S/C20H14Cl2FNO3/c1-11-18(20(26)27-2)15(10-14-16(22)7-4-8-17(14)23)19(25)24(11)13-6-3-5-12(21)9-13/h3-10H,1-2H3/b15-10+. The monoisotopic (exact) mass is 405 g/mol. The van der Waals surface area contributed by atoms with Gasteiger partial charge in [0, 0.05) is 16.3 Å². The molecule has 0 spiro atoms. The highest BCUT2D eigenvalue weighted by molar-refractivity contribution is 6.33. The fraction of sp³-hybridized carbons (Fsp3) is 0.100. The number of carbonyl (C=O) groups excluding carboxylic acids is 2. The number of hydrogen-bond donors (Lipinski definition) is 0.